The first kappa shape index (κ1) is 15.4. The van der Waals surface area contributed by atoms with Crippen molar-refractivity contribution in [1.82, 2.24) is 9.88 Å². The standard InChI is InChI=1S/C19H21N3O/c1-14(2)19(3)18(23)22(13-15-9-5-4-6-10-15)17(21-19)16-11-7-8-12-20-16/h4-12,14H,13H2,1-3H3/t19-/m1/s1. The molecule has 1 aliphatic rings. The molecule has 2 heterocycles. The van der Waals surface area contributed by atoms with Crippen LogP contribution in [0.1, 0.15) is 32.0 Å². The second-order valence-electron chi connectivity index (χ2n) is 6.33. The van der Waals surface area contributed by atoms with E-state index in [1.54, 1.807) is 11.1 Å². The number of amidine groups is 1. The first-order chi connectivity index (χ1) is 11.0. The van der Waals surface area contributed by atoms with Gasteiger partial charge in [-0.1, -0.05) is 50.2 Å². The topological polar surface area (TPSA) is 45.6 Å². The Labute approximate surface area is 136 Å². The zero-order valence-electron chi connectivity index (χ0n) is 13.7. The molecule has 1 aromatic heterocycles. The highest BCUT2D eigenvalue weighted by molar-refractivity contribution is 6.14. The Kier molecular flexibility index (Phi) is 3.99. The molecule has 0 unspecified atom stereocenters. The molecule has 0 bridgehead atoms. The number of rotatable bonds is 4. The summed E-state index contributed by atoms with van der Waals surface area (Å²) in [6.45, 7) is 6.48. The van der Waals surface area contributed by atoms with E-state index in [1.165, 1.54) is 0 Å². The third kappa shape index (κ3) is 2.77. The number of benzene rings is 1. The number of amides is 1. The minimum atomic E-state index is -0.734. The Bertz CT molecular complexity index is 725. The summed E-state index contributed by atoms with van der Waals surface area (Å²) in [6.07, 6.45) is 1.73. The van der Waals surface area contributed by atoms with E-state index < -0.39 is 5.54 Å². The molecule has 3 rings (SSSR count). The molecule has 0 saturated carbocycles. The summed E-state index contributed by atoms with van der Waals surface area (Å²) in [6, 6.07) is 15.7. The summed E-state index contributed by atoms with van der Waals surface area (Å²) in [4.78, 5) is 24.0. The molecule has 2 aromatic rings. The molecule has 0 N–H and O–H groups in total. The second kappa shape index (κ2) is 5.95. The van der Waals surface area contributed by atoms with Gasteiger partial charge in [0.05, 0.1) is 6.54 Å². The van der Waals surface area contributed by atoms with Gasteiger partial charge in [-0.3, -0.25) is 14.7 Å². The predicted octanol–water partition coefficient (Wildman–Crippen LogP) is 3.29. The van der Waals surface area contributed by atoms with E-state index in [-0.39, 0.29) is 11.8 Å². The number of hydrogen-bond acceptors (Lipinski definition) is 3. The molecule has 0 aliphatic carbocycles. The van der Waals surface area contributed by atoms with Crippen LogP contribution in [0.2, 0.25) is 0 Å². The molecule has 1 atom stereocenters. The van der Waals surface area contributed by atoms with E-state index in [1.807, 2.05) is 69.3 Å². The smallest absolute Gasteiger partial charge is 0.256 e. The number of carbonyl (C=O) groups excluding carboxylic acids is 1. The molecule has 1 amide bonds. The average molecular weight is 307 g/mol. The molecule has 0 radical (unpaired) electrons. The largest absolute Gasteiger partial charge is 0.289 e. The monoisotopic (exact) mass is 307 g/mol. The Morgan fingerprint density at radius 2 is 1.78 bits per heavy atom. The quantitative estimate of drug-likeness (QED) is 0.870. The summed E-state index contributed by atoms with van der Waals surface area (Å²) in [7, 11) is 0. The van der Waals surface area contributed by atoms with E-state index in [9.17, 15) is 4.79 Å². The maximum absolute atomic E-state index is 13.0. The van der Waals surface area contributed by atoms with Crippen molar-refractivity contribution in [3.8, 4) is 0 Å². The van der Waals surface area contributed by atoms with Gasteiger partial charge in [0.2, 0.25) is 0 Å². The van der Waals surface area contributed by atoms with E-state index >= 15 is 0 Å². The summed E-state index contributed by atoms with van der Waals surface area (Å²) < 4.78 is 0. The van der Waals surface area contributed by atoms with Crippen molar-refractivity contribution >= 4 is 11.7 Å². The molecule has 0 fully saturated rings. The summed E-state index contributed by atoms with van der Waals surface area (Å²) in [5, 5.41) is 0. The number of pyridine rings is 1. The Balaban J connectivity index is 2.02. The lowest BCUT2D eigenvalue weighted by Crippen LogP contribution is -2.43. The first-order valence-corrected chi connectivity index (χ1v) is 7.89. The van der Waals surface area contributed by atoms with Crippen LogP contribution in [0, 0.1) is 5.92 Å². The van der Waals surface area contributed by atoms with Crippen LogP contribution in [0.4, 0.5) is 0 Å². The third-order valence-corrected chi connectivity index (χ3v) is 4.47. The number of aliphatic imine (C=N–C) groups is 1. The van der Waals surface area contributed by atoms with E-state index in [0.29, 0.717) is 12.4 Å². The maximum atomic E-state index is 13.0. The first-order valence-electron chi connectivity index (χ1n) is 7.89. The predicted molar refractivity (Wildman–Crippen MR) is 91.0 cm³/mol. The van der Waals surface area contributed by atoms with Gasteiger partial charge in [0.1, 0.15) is 11.2 Å². The fourth-order valence-corrected chi connectivity index (χ4v) is 2.68. The lowest BCUT2D eigenvalue weighted by atomic mass is 9.89. The Morgan fingerprint density at radius 1 is 1.09 bits per heavy atom. The molecular weight excluding hydrogens is 286 g/mol. The third-order valence-electron chi connectivity index (χ3n) is 4.47. The van der Waals surface area contributed by atoms with Crippen LogP contribution in [0.15, 0.2) is 59.7 Å². The fraction of sp³-hybridized carbons (Fsp3) is 0.316. The average Bonchev–Trinajstić information content (AvgIpc) is 2.83. The number of nitrogens with zero attached hydrogens (tertiary/aromatic N) is 3. The number of aromatic nitrogens is 1. The normalized spacial score (nSPS) is 21.0. The van der Waals surface area contributed by atoms with Gasteiger partial charge in [-0.05, 0) is 30.5 Å². The van der Waals surface area contributed by atoms with Crippen LogP contribution < -0.4 is 0 Å². The van der Waals surface area contributed by atoms with Crippen molar-refractivity contribution in [2.24, 2.45) is 10.9 Å². The highest BCUT2D eigenvalue weighted by Crippen LogP contribution is 2.32. The van der Waals surface area contributed by atoms with Gasteiger partial charge in [-0.2, -0.15) is 0 Å². The van der Waals surface area contributed by atoms with Crippen molar-refractivity contribution < 1.29 is 4.79 Å². The minimum Gasteiger partial charge on any atom is -0.289 e. The molecule has 0 saturated heterocycles. The molecule has 0 spiro atoms. The molecular formula is C19H21N3O. The van der Waals surface area contributed by atoms with Crippen LogP contribution in [0.5, 0.6) is 0 Å². The maximum Gasteiger partial charge on any atom is 0.256 e. The zero-order valence-corrected chi connectivity index (χ0v) is 13.7. The van der Waals surface area contributed by atoms with Gasteiger partial charge < -0.3 is 0 Å². The molecule has 1 aliphatic heterocycles. The van der Waals surface area contributed by atoms with Crippen molar-refractivity contribution in [2.75, 3.05) is 0 Å². The van der Waals surface area contributed by atoms with Crippen molar-refractivity contribution in [2.45, 2.75) is 32.9 Å². The number of carbonyl (C=O) groups is 1. The van der Waals surface area contributed by atoms with Gasteiger partial charge in [0.25, 0.3) is 5.91 Å². The fourth-order valence-electron chi connectivity index (χ4n) is 2.68. The zero-order chi connectivity index (χ0) is 16.4. The van der Waals surface area contributed by atoms with E-state index in [2.05, 4.69) is 4.98 Å². The Morgan fingerprint density at radius 3 is 2.39 bits per heavy atom. The SMILES string of the molecule is CC(C)[C@@]1(C)N=C(c2ccccn2)N(Cc2ccccc2)C1=O. The lowest BCUT2D eigenvalue weighted by molar-refractivity contribution is -0.132. The summed E-state index contributed by atoms with van der Waals surface area (Å²) >= 11 is 0. The van der Waals surface area contributed by atoms with Gasteiger partial charge in [-0.25, -0.2) is 4.99 Å². The number of hydrogen-bond donors (Lipinski definition) is 0. The molecule has 4 heteroatoms. The van der Waals surface area contributed by atoms with Crippen molar-refractivity contribution in [3.05, 3.63) is 66.0 Å². The molecule has 118 valence electrons. The van der Waals surface area contributed by atoms with Gasteiger partial charge in [0.15, 0.2) is 5.84 Å². The van der Waals surface area contributed by atoms with Crippen molar-refractivity contribution in [1.29, 1.82) is 0 Å². The van der Waals surface area contributed by atoms with Crippen LogP contribution in [0.3, 0.4) is 0 Å². The van der Waals surface area contributed by atoms with Crippen LogP contribution >= 0.6 is 0 Å². The summed E-state index contributed by atoms with van der Waals surface area (Å²) in [5.41, 5.74) is 1.08. The van der Waals surface area contributed by atoms with E-state index in [4.69, 9.17) is 4.99 Å². The molecule has 23 heavy (non-hydrogen) atoms. The highest BCUT2D eigenvalue weighted by atomic mass is 16.2. The van der Waals surface area contributed by atoms with Gasteiger partial charge >= 0.3 is 0 Å². The molecule has 4 nitrogen and oxygen atoms in total. The Hall–Kier alpha value is -2.49. The highest BCUT2D eigenvalue weighted by Gasteiger charge is 2.47. The lowest BCUT2D eigenvalue weighted by Gasteiger charge is -2.25. The van der Waals surface area contributed by atoms with Gasteiger partial charge in [0, 0.05) is 6.20 Å². The van der Waals surface area contributed by atoms with Crippen molar-refractivity contribution in [3.63, 3.8) is 0 Å². The minimum absolute atomic E-state index is 0.0389. The van der Waals surface area contributed by atoms with Crippen LogP contribution in [-0.2, 0) is 11.3 Å². The van der Waals surface area contributed by atoms with E-state index in [0.717, 1.165) is 11.3 Å². The second-order valence-corrected chi connectivity index (χ2v) is 6.33. The summed E-state index contributed by atoms with van der Waals surface area (Å²) in [5.74, 6) is 0.821. The van der Waals surface area contributed by atoms with Crippen LogP contribution in [-0.4, -0.2) is 27.2 Å². The molecule has 1 aromatic carbocycles. The van der Waals surface area contributed by atoms with Crippen LogP contribution in [0.25, 0.3) is 0 Å². The van der Waals surface area contributed by atoms with Gasteiger partial charge in [-0.15, -0.1) is 0 Å².